The van der Waals surface area contributed by atoms with Crippen molar-refractivity contribution in [3.05, 3.63) is 106 Å². The van der Waals surface area contributed by atoms with Crippen LogP contribution in [0.4, 0.5) is 5.95 Å². The number of fused-ring (bicyclic) bond motifs is 1. The number of nitrogens with zero attached hydrogens (tertiary/aromatic N) is 4. The van der Waals surface area contributed by atoms with Crippen molar-refractivity contribution in [3.8, 4) is 22.3 Å². The van der Waals surface area contributed by atoms with Gasteiger partial charge in [0.1, 0.15) is 5.65 Å². The minimum atomic E-state index is -0.155. The van der Waals surface area contributed by atoms with E-state index in [-0.39, 0.29) is 11.6 Å². The van der Waals surface area contributed by atoms with Crippen molar-refractivity contribution < 1.29 is 4.74 Å². The minimum absolute atomic E-state index is 0.155. The molecule has 4 heterocycles. The molecule has 0 saturated carbocycles. The Morgan fingerprint density at radius 1 is 1.00 bits per heavy atom. The number of benzene rings is 2. The molecular formula is C31H28ClN5O2. The predicted octanol–water partition coefficient (Wildman–Crippen LogP) is 6.12. The van der Waals surface area contributed by atoms with Crippen molar-refractivity contribution in [1.82, 2.24) is 19.5 Å². The lowest BCUT2D eigenvalue weighted by Gasteiger charge is -2.23. The molecule has 7 nitrogen and oxygen atoms in total. The zero-order chi connectivity index (χ0) is 26.8. The van der Waals surface area contributed by atoms with Gasteiger partial charge in [-0.15, -0.1) is 0 Å². The van der Waals surface area contributed by atoms with Crippen LogP contribution in [0.25, 0.3) is 33.3 Å². The maximum absolute atomic E-state index is 14.1. The second-order valence-electron chi connectivity index (χ2n) is 9.82. The van der Waals surface area contributed by atoms with Crippen molar-refractivity contribution in [3.63, 3.8) is 0 Å². The van der Waals surface area contributed by atoms with Crippen LogP contribution in [-0.2, 0) is 11.3 Å². The van der Waals surface area contributed by atoms with E-state index >= 15 is 0 Å². The van der Waals surface area contributed by atoms with Gasteiger partial charge in [0.25, 0.3) is 5.56 Å². The van der Waals surface area contributed by atoms with E-state index in [0.29, 0.717) is 47.5 Å². The Morgan fingerprint density at radius 3 is 2.62 bits per heavy atom. The summed E-state index contributed by atoms with van der Waals surface area (Å²) >= 11 is 6.79. The summed E-state index contributed by atoms with van der Waals surface area (Å²) in [6.07, 6.45) is 7.09. The summed E-state index contributed by atoms with van der Waals surface area (Å²) in [4.78, 5) is 27.7. The molecule has 6 rings (SSSR count). The molecule has 1 aliphatic heterocycles. The van der Waals surface area contributed by atoms with Gasteiger partial charge in [0.05, 0.1) is 6.54 Å². The molecular weight excluding hydrogens is 510 g/mol. The second-order valence-corrected chi connectivity index (χ2v) is 10.2. The van der Waals surface area contributed by atoms with Gasteiger partial charge in [-0.05, 0) is 54.7 Å². The van der Waals surface area contributed by atoms with Crippen LogP contribution in [0, 0.1) is 6.92 Å². The first-order chi connectivity index (χ1) is 19.1. The maximum atomic E-state index is 14.1. The van der Waals surface area contributed by atoms with Crippen LogP contribution in [0.3, 0.4) is 0 Å². The van der Waals surface area contributed by atoms with E-state index in [9.17, 15) is 4.79 Å². The second kappa shape index (κ2) is 11.0. The monoisotopic (exact) mass is 537 g/mol. The Balaban J connectivity index is 1.47. The summed E-state index contributed by atoms with van der Waals surface area (Å²) in [5.41, 5.74) is 5.65. The molecule has 1 N–H and O–H groups in total. The van der Waals surface area contributed by atoms with Gasteiger partial charge in [0.2, 0.25) is 5.95 Å². The van der Waals surface area contributed by atoms with Gasteiger partial charge >= 0.3 is 0 Å². The van der Waals surface area contributed by atoms with E-state index in [2.05, 4.69) is 15.3 Å². The van der Waals surface area contributed by atoms with Crippen LogP contribution in [0.1, 0.15) is 24.0 Å². The lowest BCUT2D eigenvalue weighted by Crippen LogP contribution is -2.29. The Hall–Kier alpha value is -4.07. The zero-order valence-corrected chi connectivity index (χ0v) is 22.4. The van der Waals surface area contributed by atoms with Gasteiger partial charge in [-0.1, -0.05) is 54.1 Å². The molecule has 1 fully saturated rings. The third-order valence-electron chi connectivity index (χ3n) is 7.23. The normalized spacial score (nSPS) is 14.0. The third kappa shape index (κ3) is 5.28. The maximum Gasteiger partial charge on any atom is 0.260 e. The number of aromatic nitrogens is 4. The Morgan fingerprint density at radius 2 is 1.85 bits per heavy atom. The highest BCUT2D eigenvalue weighted by Gasteiger charge is 2.19. The van der Waals surface area contributed by atoms with Crippen LogP contribution < -0.4 is 10.9 Å². The van der Waals surface area contributed by atoms with Crippen LogP contribution in [0.15, 0.2) is 84.0 Å². The first-order valence-electron chi connectivity index (χ1n) is 13.1. The highest BCUT2D eigenvalue weighted by molar-refractivity contribution is 6.33. The molecule has 5 aromatic rings. The number of rotatable bonds is 6. The number of pyridine rings is 2. The van der Waals surface area contributed by atoms with Crippen molar-refractivity contribution in [2.24, 2.45) is 0 Å². The molecule has 0 aliphatic carbocycles. The van der Waals surface area contributed by atoms with Crippen LogP contribution in [-0.4, -0.2) is 38.8 Å². The van der Waals surface area contributed by atoms with Gasteiger partial charge in [0, 0.05) is 64.9 Å². The fraction of sp³-hybridized carbons (Fsp3) is 0.226. The fourth-order valence-electron chi connectivity index (χ4n) is 5.00. The fourth-order valence-corrected chi connectivity index (χ4v) is 5.28. The van der Waals surface area contributed by atoms with E-state index in [0.717, 1.165) is 40.5 Å². The highest BCUT2D eigenvalue weighted by atomic mass is 35.5. The van der Waals surface area contributed by atoms with Crippen molar-refractivity contribution in [2.45, 2.75) is 32.4 Å². The Kier molecular flexibility index (Phi) is 7.09. The number of ether oxygens (including phenoxy) is 1. The number of halogens is 1. The number of hydrogen-bond donors (Lipinski definition) is 1. The van der Waals surface area contributed by atoms with E-state index in [1.807, 2.05) is 67.6 Å². The smallest absolute Gasteiger partial charge is 0.260 e. The SMILES string of the molecule is Cc1ccccc1Cn1c(=O)c(-c2ccc(-c3cccnc3)cc2Cl)cc2cnc(NC3CCOCC3)nc21. The summed E-state index contributed by atoms with van der Waals surface area (Å²) in [5.74, 6) is 0.513. The molecule has 39 heavy (non-hydrogen) atoms. The van der Waals surface area contributed by atoms with Gasteiger partial charge in [-0.3, -0.25) is 14.3 Å². The summed E-state index contributed by atoms with van der Waals surface area (Å²) in [7, 11) is 0. The zero-order valence-electron chi connectivity index (χ0n) is 21.6. The predicted molar refractivity (Wildman–Crippen MR) is 155 cm³/mol. The van der Waals surface area contributed by atoms with E-state index in [4.69, 9.17) is 21.3 Å². The molecule has 0 unspecified atom stereocenters. The average Bonchev–Trinajstić information content (AvgIpc) is 2.97. The molecule has 0 amide bonds. The number of aryl methyl sites for hydroxylation is 1. The van der Waals surface area contributed by atoms with E-state index in [1.54, 1.807) is 23.2 Å². The van der Waals surface area contributed by atoms with Gasteiger partial charge < -0.3 is 10.1 Å². The minimum Gasteiger partial charge on any atom is -0.381 e. The summed E-state index contributed by atoms with van der Waals surface area (Å²) in [5, 5.41) is 4.69. The van der Waals surface area contributed by atoms with Crippen LogP contribution in [0.2, 0.25) is 5.02 Å². The molecule has 1 aliphatic rings. The summed E-state index contributed by atoms with van der Waals surface area (Å²) in [6, 6.07) is 19.8. The van der Waals surface area contributed by atoms with Gasteiger partial charge in [-0.25, -0.2) is 4.98 Å². The number of nitrogens with one attached hydrogen (secondary N) is 1. The molecule has 0 radical (unpaired) electrons. The Bertz CT molecular complexity index is 1700. The first kappa shape index (κ1) is 25.2. The van der Waals surface area contributed by atoms with Crippen molar-refractivity contribution in [2.75, 3.05) is 18.5 Å². The molecule has 0 spiro atoms. The molecule has 3 aromatic heterocycles. The molecule has 8 heteroatoms. The third-order valence-corrected chi connectivity index (χ3v) is 7.54. The van der Waals surface area contributed by atoms with Crippen LogP contribution in [0.5, 0.6) is 0 Å². The number of anilines is 1. The van der Waals surface area contributed by atoms with Crippen molar-refractivity contribution >= 4 is 28.6 Å². The lowest BCUT2D eigenvalue weighted by atomic mass is 10.0. The summed E-state index contributed by atoms with van der Waals surface area (Å²) in [6.45, 7) is 3.86. The standard InChI is InChI=1S/C31H28ClN5O2/c1-20-5-2-3-6-23(20)19-37-29-24(18-34-31(36-29)35-25-10-13-39-14-11-25)15-27(30(37)38)26-9-8-21(16-28(26)32)22-7-4-12-33-17-22/h2-9,12,15-18,25H,10-11,13-14,19H2,1H3,(H,34,35,36). The lowest BCUT2D eigenvalue weighted by molar-refractivity contribution is 0.0903. The first-order valence-corrected chi connectivity index (χ1v) is 13.4. The quantitative estimate of drug-likeness (QED) is 0.281. The Labute approximate surface area is 231 Å². The van der Waals surface area contributed by atoms with Gasteiger partial charge in [-0.2, -0.15) is 4.98 Å². The van der Waals surface area contributed by atoms with E-state index < -0.39 is 0 Å². The molecule has 2 aromatic carbocycles. The molecule has 196 valence electrons. The summed E-state index contributed by atoms with van der Waals surface area (Å²) < 4.78 is 7.21. The largest absolute Gasteiger partial charge is 0.381 e. The van der Waals surface area contributed by atoms with E-state index in [1.165, 1.54) is 0 Å². The molecule has 0 bridgehead atoms. The molecule has 0 atom stereocenters. The van der Waals surface area contributed by atoms with Gasteiger partial charge in [0.15, 0.2) is 0 Å². The van der Waals surface area contributed by atoms with Crippen molar-refractivity contribution in [1.29, 1.82) is 0 Å². The highest BCUT2D eigenvalue weighted by Crippen LogP contribution is 2.32. The average molecular weight is 538 g/mol. The number of hydrogen-bond acceptors (Lipinski definition) is 6. The molecule has 1 saturated heterocycles. The van der Waals surface area contributed by atoms with Crippen LogP contribution >= 0.6 is 11.6 Å². The topological polar surface area (TPSA) is 81.9 Å².